The number of nitrogens with one attached hydrogen (secondary N) is 2. The molecular weight excluding hydrogens is 384 g/mol. The Hall–Kier alpha value is -2.12. The molecule has 2 aromatic heterocycles. The zero-order valence-electron chi connectivity index (χ0n) is 18.0. The Balaban J connectivity index is 1.77. The molecule has 3 heterocycles. The van der Waals surface area contributed by atoms with E-state index >= 15 is 0 Å². The number of hydrogen-bond donors (Lipinski definition) is 3. The quantitative estimate of drug-likeness (QED) is 0.622. The van der Waals surface area contributed by atoms with E-state index in [1.807, 2.05) is 26.0 Å². The standard InChI is InChI=1S/C22H32N4O2S/c1-14-11-15(13-21(2,3)26-14)24-20-23-10-8-16(25-20)19-12-17(28-6)18(29-19)7-9-22(4,5)27/h8,10,12,15,26-27H,1,7,9,11,13H2,2-6H3,(H,23,24,25). The molecule has 1 aliphatic heterocycles. The molecule has 0 spiro atoms. The number of ether oxygens (including phenoxy) is 1. The summed E-state index contributed by atoms with van der Waals surface area (Å²) in [6.45, 7) is 12.1. The molecule has 0 aromatic carbocycles. The summed E-state index contributed by atoms with van der Waals surface area (Å²) >= 11 is 1.65. The highest BCUT2D eigenvalue weighted by molar-refractivity contribution is 7.15. The van der Waals surface area contributed by atoms with Gasteiger partial charge in [0.15, 0.2) is 0 Å². The van der Waals surface area contributed by atoms with Crippen LogP contribution >= 0.6 is 11.3 Å². The number of anilines is 1. The summed E-state index contributed by atoms with van der Waals surface area (Å²) in [5.74, 6) is 1.47. The van der Waals surface area contributed by atoms with Crippen molar-refractivity contribution >= 4 is 17.3 Å². The maximum absolute atomic E-state index is 10.0. The summed E-state index contributed by atoms with van der Waals surface area (Å²) in [5.41, 5.74) is 1.20. The van der Waals surface area contributed by atoms with Crippen molar-refractivity contribution in [2.24, 2.45) is 0 Å². The molecule has 0 bridgehead atoms. The lowest BCUT2D eigenvalue weighted by Crippen LogP contribution is -2.48. The smallest absolute Gasteiger partial charge is 0.223 e. The normalized spacial score (nSPS) is 19.0. The summed E-state index contributed by atoms with van der Waals surface area (Å²) in [6, 6.07) is 4.18. The first-order chi connectivity index (χ1) is 13.5. The molecule has 0 amide bonds. The molecule has 1 unspecified atom stereocenters. The van der Waals surface area contributed by atoms with Crippen LogP contribution in [-0.4, -0.2) is 39.4 Å². The lowest BCUT2D eigenvalue weighted by molar-refractivity contribution is 0.0715. The van der Waals surface area contributed by atoms with Crippen molar-refractivity contribution in [3.8, 4) is 16.3 Å². The van der Waals surface area contributed by atoms with E-state index in [0.29, 0.717) is 12.4 Å². The van der Waals surface area contributed by atoms with E-state index in [1.54, 1.807) is 24.6 Å². The van der Waals surface area contributed by atoms with Gasteiger partial charge in [0, 0.05) is 40.8 Å². The van der Waals surface area contributed by atoms with E-state index in [-0.39, 0.29) is 11.6 Å². The van der Waals surface area contributed by atoms with E-state index in [4.69, 9.17) is 9.72 Å². The molecule has 158 valence electrons. The minimum absolute atomic E-state index is 0.00110. The van der Waals surface area contributed by atoms with E-state index in [0.717, 1.165) is 46.2 Å². The van der Waals surface area contributed by atoms with Gasteiger partial charge in [0.2, 0.25) is 5.95 Å². The van der Waals surface area contributed by atoms with Gasteiger partial charge in [-0.2, -0.15) is 0 Å². The van der Waals surface area contributed by atoms with Gasteiger partial charge in [-0.25, -0.2) is 9.97 Å². The number of piperidine rings is 1. The van der Waals surface area contributed by atoms with Gasteiger partial charge >= 0.3 is 0 Å². The third-order valence-electron chi connectivity index (χ3n) is 4.96. The summed E-state index contributed by atoms with van der Waals surface area (Å²) in [5, 5.41) is 17.0. The van der Waals surface area contributed by atoms with Crippen molar-refractivity contribution in [1.82, 2.24) is 15.3 Å². The maximum Gasteiger partial charge on any atom is 0.223 e. The van der Waals surface area contributed by atoms with Crippen molar-refractivity contribution in [3.63, 3.8) is 0 Å². The molecule has 1 aliphatic rings. The first-order valence-electron chi connectivity index (χ1n) is 10.00. The first kappa shape index (κ1) is 21.6. The van der Waals surface area contributed by atoms with Gasteiger partial charge in [-0.1, -0.05) is 6.58 Å². The Morgan fingerprint density at radius 3 is 2.86 bits per heavy atom. The molecule has 1 saturated heterocycles. The monoisotopic (exact) mass is 416 g/mol. The Morgan fingerprint density at radius 2 is 2.21 bits per heavy atom. The fourth-order valence-corrected chi connectivity index (χ4v) is 4.82. The molecule has 6 nitrogen and oxygen atoms in total. The largest absolute Gasteiger partial charge is 0.496 e. The summed E-state index contributed by atoms with van der Waals surface area (Å²) in [4.78, 5) is 11.3. The second kappa shape index (κ2) is 8.32. The molecule has 29 heavy (non-hydrogen) atoms. The maximum atomic E-state index is 10.0. The van der Waals surface area contributed by atoms with Crippen LogP contribution in [0, 0.1) is 0 Å². The average Bonchev–Trinajstić information content (AvgIpc) is 3.01. The summed E-state index contributed by atoms with van der Waals surface area (Å²) < 4.78 is 5.55. The zero-order chi connectivity index (χ0) is 21.2. The molecule has 0 aliphatic carbocycles. The highest BCUT2D eigenvalue weighted by Crippen LogP contribution is 2.37. The van der Waals surface area contributed by atoms with Gasteiger partial charge in [0.1, 0.15) is 5.75 Å². The van der Waals surface area contributed by atoms with Gasteiger partial charge < -0.3 is 20.5 Å². The predicted octanol–water partition coefficient (Wildman–Crippen LogP) is 4.37. The van der Waals surface area contributed by atoms with Crippen molar-refractivity contribution in [2.45, 2.75) is 70.6 Å². The van der Waals surface area contributed by atoms with Gasteiger partial charge in [0.05, 0.1) is 23.3 Å². The number of methoxy groups -OCH3 is 1. The van der Waals surface area contributed by atoms with Crippen LogP contribution in [0.1, 0.15) is 51.8 Å². The van der Waals surface area contributed by atoms with Crippen LogP contribution < -0.4 is 15.4 Å². The highest BCUT2D eigenvalue weighted by atomic mass is 32.1. The van der Waals surface area contributed by atoms with E-state index in [1.165, 1.54) is 0 Å². The van der Waals surface area contributed by atoms with Gasteiger partial charge in [-0.05, 0) is 53.0 Å². The number of aryl methyl sites for hydroxylation is 1. The number of thiophene rings is 1. The Kier molecular flexibility index (Phi) is 6.19. The average molecular weight is 417 g/mol. The molecule has 0 saturated carbocycles. The van der Waals surface area contributed by atoms with Crippen LogP contribution in [0.3, 0.4) is 0 Å². The molecule has 7 heteroatoms. The Bertz CT molecular complexity index is 870. The fourth-order valence-electron chi connectivity index (χ4n) is 3.72. The van der Waals surface area contributed by atoms with Crippen molar-refractivity contribution in [1.29, 1.82) is 0 Å². The number of rotatable bonds is 7. The van der Waals surface area contributed by atoms with Crippen molar-refractivity contribution < 1.29 is 9.84 Å². The lowest BCUT2D eigenvalue weighted by atomic mass is 9.88. The second-order valence-corrected chi connectivity index (χ2v) is 10.2. The summed E-state index contributed by atoms with van der Waals surface area (Å²) in [6.07, 6.45) is 5.04. The zero-order valence-corrected chi connectivity index (χ0v) is 18.8. The lowest BCUT2D eigenvalue weighted by Gasteiger charge is -2.38. The molecule has 2 aromatic rings. The van der Waals surface area contributed by atoms with Crippen LogP contribution in [0.2, 0.25) is 0 Å². The van der Waals surface area contributed by atoms with Crippen molar-refractivity contribution in [2.75, 3.05) is 12.4 Å². The van der Waals surface area contributed by atoms with Crippen LogP contribution in [0.5, 0.6) is 5.75 Å². The van der Waals surface area contributed by atoms with E-state index in [9.17, 15) is 5.11 Å². The SMILES string of the molecule is C=C1CC(Nc2nccc(-c3cc(OC)c(CCC(C)(C)O)s3)n2)CC(C)(C)N1. The topological polar surface area (TPSA) is 79.3 Å². The van der Waals surface area contributed by atoms with E-state index in [2.05, 4.69) is 36.0 Å². The Morgan fingerprint density at radius 1 is 1.45 bits per heavy atom. The third-order valence-corrected chi connectivity index (χ3v) is 6.16. The van der Waals surface area contributed by atoms with Gasteiger partial charge in [0.25, 0.3) is 0 Å². The molecule has 1 fully saturated rings. The molecule has 3 N–H and O–H groups in total. The van der Waals surface area contributed by atoms with Crippen LogP contribution in [0.15, 0.2) is 30.6 Å². The summed E-state index contributed by atoms with van der Waals surface area (Å²) in [7, 11) is 1.68. The van der Waals surface area contributed by atoms with Crippen LogP contribution in [0.25, 0.3) is 10.6 Å². The number of hydrogen-bond acceptors (Lipinski definition) is 7. The first-order valence-corrected chi connectivity index (χ1v) is 10.8. The Labute approximate surface area is 177 Å². The number of aromatic nitrogens is 2. The van der Waals surface area contributed by atoms with E-state index < -0.39 is 5.60 Å². The number of aliphatic hydroxyl groups is 1. The second-order valence-electron chi connectivity index (χ2n) is 9.04. The predicted molar refractivity (Wildman–Crippen MR) is 120 cm³/mol. The molecule has 1 atom stereocenters. The molecule has 0 radical (unpaired) electrons. The fraction of sp³-hybridized carbons (Fsp3) is 0.545. The van der Waals surface area contributed by atoms with Crippen molar-refractivity contribution in [3.05, 3.63) is 35.5 Å². The van der Waals surface area contributed by atoms with Crippen LogP contribution in [-0.2, 0) is 6.42 Å². The molecule has 3 rings (SSSR count). The van der Waals surface area contributed by atoms with Gasteiger partial charge in [-0.3, -0.25) is 0 Å². The minimum Gasteiger partial charge on any atom is -0.496 e. The molecular formula is C22H32N4O2S. The minimum atomic E-state index is -0.701. The van der Waals surface area contributed by atoms with Crippen LogP contribution in [0.4, 0.5) is 5.95 Å². The third kappa shape index (κ3) is 5.93. The highest BCUT2D eigenvalue weighted by Gasteiger charge is 2.29. The van der Waals surface area contributed by atoms with Gasteiger partial charge in [-0.15, -0.1) is 11.3 Å². The number of nitrogens with zero attached hydrogens (tertiary/aromatic N) is 2.